The molecule has 0 saturated heterocycles. The Balaban J connectivity index is 2.56. The number of nitro benzene ring substituents is 1. The molecule has 2 rings (SSSR count). The first-order chi connectivity index (χ1) is 7.59. The van der Waals surface area contributed by atoms with E-state index >= 15 is 0 Å². The normalized spacial score (nSPS) is 10.2. The second-order valence-corrected chi connectivity index (χ2v) is 3.07. The molecule has 1 heterocycles. The van der Waals surface area contributed by atoms with Gasteiger partial charge >= 0.3 is 5.69 Å². The second kappa shape index (κ2) is 3.54. The number of hydrogen-bond donors (Lipinski definition) is 2. The lowest BCUT2D eigenvalue weighted by atomic mass is 10.1. The Morgan fingerprint density at radius 3 is 2.81 bits per heavy atom. The summed E-state index contributed by atoms with van der Waals surface area (Å²) in [6, 6.07) is 3.83. The number of aromatic nitrogens is 1. The van der Waals surface area contributed by atoms with Gasteiger partial charge in [-0.2, -0.15) is 0 Å². The van der Waals surface area contributed by atoms with Gasteiger partial charge in [-0.3, -0.25) is 10.1 Å². The third-order valence-electron chi connectivity index (χ3n) is 2.03. The molecule has 7 nitrogen and oxygen atoms in total. The van der Waals surface area contributed by atoms with Gasteiger partial charge in [0.15, 0.2) is 11.5 Å². The van der Waals surface area contributed by atoms with Crippen molar-refractivity contribution in [2.45, 2.75) is 0 Å². The molecule has 0 atom stereocenters. The maximum absolute atomic E-state index is 10.6. The number of anilines is 1. The fourth-order valence-corrected chi connectivity index (χ4v) is 1.28. The monoisotopic (exact) mass is 221 g/mol. The lowest BCUT2D eigenvalue weighted by Crippen LogP contribution is -1.90. The third kappa shape index (κ3) is 1.54. The molecular weight excluding hydrogens is 214 g/mol. The Hall–Kier alpha value is -2.57. The van der Waals surface area contributed by atoms with Gasteiger partial charge < -0.3 is 15.4 Å². The predicted molar refractivity (Wildman–Crippen MR) is 54.7 cm³/mol. The topological polar surface area (TPSA) is 115 Å². The van der Waals surface area contributed by atoms with E-state index in [1.165, 1.54) is 24.4 Å². The Morgan fingerprint density at radius 1 is 1.50 bits per heavy atom. The number of aromatic hydroxyl groups is 1. The highest BCUT2D eigenvalue weighted by Gasteiger charge is 2.17. The second-order valence-electron chi connectivity index (χ2n) is 3.07. The number of hydrogen-bond acceptors (Lipinski definition) is 6. The van der Waals surface area contributed by atoms with Crippen molar-refractivity contribution in [1.82, 2.24) is 5.16 Å². The van der Waals surface area contributed by atoms with E-state index < -0.39 is 16.4 Å². The van der Waals surface area contributed by atoms with E-state index in [0.717, 1.165) is 0 Å². The highest BCUT2D eigenvalue weighted by molar-refractivity contribution is 5.73. The van der Waals surface area contributed by atoms with Crippen molar-refractivity contribution in [2.75, 3.05) is 5.73 Å². The lowest BCUT2D eigenvalue weighted by molar-refractivity contribution is -0.385. The molecule has 0 aliphatic rings. The fraction of sp³-hybridized carbons (Fsp3) is 0. The minimum atomic E-state index is -0.689. The molecule has 1 aromatic carbocycles. The third-order valence-corrected chi connectivity index (χ3v) is 2.03. The van der Waals surface area contributed by atoms with Crippen LogP contribution in [0.2, 0.25) is 0 Å². The Kier molecular flexibility index (Phi) is 2.20. The van der Waals surface area contributed by atoms with Gasteiger partial charge in [0.2, 0.25) is 0 Å². The van der Waals surface area contributed by atoms with E-state index in [0.29, 0.717) is 5.56 Å². The number of nitrogens with zero attached hydrogens (tertiary/aromatic N) is 2. The van der Waals surface area contributed by atoms with E-state index in [1.54, 1.807) is 0 Å². The zero-order valence-corrected chi connectivity index (χ0v) is 7.95. The van der Waals surface area contributed by atoms with Gasteiger partial charge in [-0.15, -0.1) is 0 Å². The summed E-state index contributed by atoms with van der Waals surface area (Å²) >= 11 is 0. The number of benzene rings is 1. The highest BCUT2D eigenvalue weighted by Crippen LogP contribution is 2.33. The minimum Gasteiger partial charge on any atom is -0.502 e. The van der Waals surface area contributed by atoms with Crippen LogP contribution in [0.4, 0.5) is 11.4 Å². The van der Waals surface area contributed by atoms with Crippen LogP contribution < -0.4 is 5.73 Å². The van der Waals surface area contributed by atoms with E-state index in [4.69, 9.17) is 10.3 Å². The number of nitro groups is 1. The average Bonchev–Trinajstić information content (AvgIpc) is 2.65. The molecule has 16 heavy (non-hydrogen) atoms. The summed E-state index contributed by atoms with van der Waals surface area (Å²) in [7, 11) is 0. The molecule has 2 aromatic rings. The van der Waals surface area contributed by atoms with Gasteiger partial charge in [-0.1, -0.05) is 5.16 Å². The lowest BCUT2D eigenvalue weighted by Gasteiger charge is -1.99. The molecular formula is C9H7N3O4. The van der Waals surface area contributed by atoms with Crippen LogP contribution >= 0.6 is 0 Å². The quantitative estimate of drug-likeness (QED) is 0.586. The summed E-state index contributed by atoms with van der Waals surface area (Å²) in [4.78, 5) is 9.91. The molecule has 82 valence electrons. The molecule has 0 spiro atoms. The minimum absolute atomic E-state index is 0.239. The molecule has 0 unspecified atom stereocenters. The Morgan fingerprint density at radius 2 is 2.25 bits per heavy atom. The molecule has 0 aliphatic carbocycles. The van der Waals surface area contributed by atoms with Crippen LogP contribution in [0.25, 0.3) is 11.3 Å². The maximum atomic E-state index is 10.6. The van der Waals surface area contributed by atoms with Crippen LogP contribution in [0, 0.1) is 10.1 Å². The molecule has 3 N–H and O–H groups in total. The highest BCUT2D eigenvalue weighted by atomic mass is 16.6. The van der Waals surface area contributed by atoms with Gasteiger partial charge in [0.25, 0.3) is 0 Å². The van der Waals surface area contributed by atoms with Crippen molar-refractivity contribution in [3.63, 3.8) is 0 Å². The van der Waals surface area contributed by atoms with Crippen molar-refractivity contribution >= 4 is 11.4 Å². The number of rotatable bonds is 2. The van der Waals surface area contributed by atoms with Crippen LogP contribution in [0.15, 0.2) is 28.9 Å². The van der Waals surface area contributed by atoms with Gasteiger partial charge in [0.1, 0.15) is 5.69 Å². The van der Waals surface area contributed by atoms with E-state index in [9.17, 15) is 15.2 Å². The molecule has 0 saturated carbocycles. The largest absolute Gasteiger partial charge is 0.502 e. The van der Waals surface area contributed by atoms with Gasteiger partial charge in [-0.25, -0.2) is 0 Å². The molecule has 0 fully saturated rings. The molecule has 0 aliphatic heterocycles. The van der Waals surface area contributed by atoms with E-state index in [2.05, 4.69) is 5.16 Å². The summed E-state index contributed by atoms with van der Waals surface area (Å²) in [5.74, 6) is -0.171. The van der Waals surface area contributed by atoms with E-state index in [1.807, 2.05) is 0 Å². The van der Waals surface area contributed by atoms with Crippen LogP contribution in [0.1, 0.15) is 0 Å². The predicted octanol–water partition coefficient (Wildman–Crippen LogP) is 1.54. The summed E-state index contributed by atoms with van der Waals surface area (Å²) in [5.41, 5.74) is 5.81. The van der Waals surface area contributed by atoms with Crippen molar-refractivity contribution in [2.24, 2.45) is 0 Å². The van der Waals surface area contributed by atoms with Crippen LogP contribution in [-0.4, -0.2) is 15.2 Å². The summed E-state index contributed by atoms with van der Waals surface area (Å²) in [5, 5.41) is 23.3. The van der Waals surface area contributed by atoms with Gasteiger partial charge in [0, 0.05) is 11.6 Å². The van der Waals surface area contributed by atoms with Gasteiger partial charge in [0.05, 0.1) is 11.1 Å². The van der Waals surface area contributed by atoms with Crippen LogP contribution in [0.5, 0.6) is 5.75 Å². The maximum Gasteiger partial charge on any atom is 0.311 e. The summed E-state index contributed by atoms with van der Waals surface area (Å²) in [6.07, 6.45) is 1.30. The molecule has 1 aromatic heterocycles. The zero-order chi connectivity index (χ0) is 11.7. The molecule has 0 bridgehead atoms. The Bertz CT molecular complexity index is 549. The van der Waals surface area contributed by atoms with Gasteiger partial charge in [-0.05, 0) is 12.1 Å². The number of phenols is 1. The van der Waals surface area contributed by atoms with Crippen molar-refractivity contribution in [3.8, 4) is 17.1 Å². The number of nitrogens with two attached hydrogens (primary N) is 1. The SMILES string of the molecule is Nc1cnoc1-c1ccc(O)c([N+](=O)[O-])c1. The van der Waals surface area contributed by atoms with Crippen molar-refractivity contribution in [1.29, 1.82) is 0 Å². The summed E-state index contributed by atoms with van der Waals surface area (Å²) < 4.78 is 4.85. The first-order valence-corrected chi connectivity index (χ1v) is 4.27. The molecule has 0 radical (unpaired) electrons. The van der Waals surface area contributed by atoms with Crippen LogP contribution in [0.3, 0.4) is 0 Å². The smallest absolute Gasteiger partial charge is 0.311 e. The fourth-order valence-electron chi connectivity index (χ4n) is 1.28. The van der Waals surface area contributed by atoms with E-state index in [-0.39, 0.29) is 11.4 Å². The number of phenolic OH excluding ortho intramolecular Hbond substituents is 1. The zero-order valence-electron chi connectivity index (χ0n) is 7.95. The summed E-state index contributed by atoms with van der Waals surface area (Å²) in [6.45, 7) is 0. The van der Waals surface area contributed by atoms with Crippen molar-refractivity contribution in [3.05, 3.63) is 34.5 Å². The molecule has 7 heteroatoms. The average molecular weight is 221 g/mol. The Labute approximate surface area is 89.2 Å². The first kappa shape index (κ1) is 9.97. The standard InChI is InChI=1S/C9H7N3O4/c10-6-4-11-16-9(6)5-1-2-8(13)7(3-5)12(14)15/h1-4,13H,10H2. The first-order valence-electron chi connectivity index (χ1n) is 4.27. The number of nitrogen functional groups attached to an aromatic ring is 1. The van der Waals surface area contributed by atoms with Crippen LogP contribution in [-0.2, 0) is 0 Å². The molecule has 0 amide bonds. The van der Waals surface area contributed by atoms with Crippen molar-refractivity contribution < 1.29 is 14.6 Å².